The highest BCUT2D eigenvalue weighted by Crippen LogP contribution is 2.07. The number of nitrogens with zero attached hydrogens (tertiary/aromatic N) is 1. The molecule has 0 bridgehead atoms. The minimum absolute atomic E-state index is 0.0295. The summed E-state index contributed by atoms with van der Waals surface area (Å²) in [5.74, 6) is 0.317. The third-order valence-electron chi connectivity index (χ3n) is 2.26. The van der Waals surface area contributed by atoms with Crippen molar-refractivity contribution in [3.05, 3.63) is 0 Å². The van der Waals surface area contributed by atoms with E-state index in [1.54, 1.807) is 14.1 Å². The molecule has 16 heavy (non-hydrogen) atoms. The van der Waals surface area contributed by atoms with Gasteiger partial charge in [-0.05, 0) is 18.8 Å². The Morgan fingerprint density at radius 3 is 2.19 bits per heavy atom. The van der Waals surface area contributed by atoms with Gasteiger partial charge in [-0.15, -0.1) is 0 Å². The summed E-state index contributed by atoms with van der Waals surface area (Å²) in [5, 5.41) is 2.80. The van der Waals surface area contributed by atoms with E-state index in [-0.39, 0.29) is 17.9 Å². The van der Waals surface area contributed by atoms with Crippen LogP contribution < -0.4 is 5.32 Å². The fourth-order valence-corrected chi connectivity index (χ4v) is 1.50. The van der Waals surface area contributed by atoms with Gasteiger partial charge in [-0.2, -0.15) is 0 Å². The molecule has 0 fully saturated rings. The minimum Gasteiger partial charge on any atom is -0.347 e. The molecule has 94 valence electrons. The first kappa shape index (κ1) is 14.9. The van der Waals surface area contributed by atoms with Gasteiger partial charge in [0.1, 0.15) is 6.04 Å². The number of hydrogen-bond acceptors (Lipinski definition) is 2. The van der Waals surface area contributed by atoms with E-state index in [2.05, 4.69) is 5.32 Å². The molecule has 0 rings (SSSR count). The van der Waals surface area contributed by atoms with E-state index in [1.807, 2.05) is 20.8 Å². The van der Waals surface area contributed by atoms with Crippen LogP contribution in [0.25, 0.3) is 0 Å². The van der Waals surface area contributed by atoms with Crippen LogP contribution in [-0.4, -0.2) is 36.9 Å². The zero-order valence-electron chi connectivity index (χ0n) is 11.0. The molecule has 0 aromatic carbocycles. The SMILES string of the molecule is CCCC(=O)N[C@@H](CC(C)C)C(=O)N(C)C. The molecule has 4 nitrogen and oxygen atoms in total. The molecule has 0 saturated heterocycles. The third kappa shape index (κ3) is 5.73. The molecule has 0 aromatic rings. The number of carbonyl (C=O) groups excluding carboxylic acids is 2. The number of rotatable bonds is 6. The van der Waals surface area contributed by atoms with Crippen molar-refractivity contribution in [1.29, 1.82) is 0 Å². The normalized spacial score (nSPS) is 12.4. The Bertz CT molecular complexity index is 237. The van der Waals surface area contributed by atoms with E-state index >= 15 is 0 Å². The van der Waals surface area contributed by atoms with Crippen LogP contribution in [0.2, 0.25) is 0 Å². The lowest BCUT2D eigenvalue weighted by atomic mass is 10.0. The summed E-state index contributed by atoms with van der Waals surface area (Å²) in [6, 6.07) is -0.381. The van der Waals surface area contributed by atoms with Crippen LogP contribution in [0.4, 0.5) is 0 Å². The summed E-state index contributed by atoms with van der Waals surface area (Å²) >= 11 is 0. The second-order valence-corrected chi connectivity index (χ2v) is 4.73. The van der Waals surface area contributed by atoms with Crippen molar-refractivity contribution < 1.29 is 9.59 Å². The van der Waals surface area contributed by atoms with E-state index in [4.69, 9.17) is 0 Å². The Labute approximate surface area is 98.4 Å². The smallest absolute Gasteiger partial charge is 0.244 e. The summed E-state index contributed by atoms with van der Waals surface area (Å²) in [5.41, 5.74) is 0. The number of amides is 2. The lowest BCUT2D eigenvalue weighted by Crippen LogP contribution is -2.46. The summed E-state index contributed by atoms with van der Waals surface area (Å²) in [7, 11) is 3.42. The predicted octanol–water partition coefficient (Wildman–Crippen LogP) is 1.41. The Kier molecular flexibility index (Phi) is 6.77. The van der Waals surface area contributed by atoms with Crippen molar-refractivity contribution in [1.82, 2.24) is 10.2 Å². The zero-order chi connectivity index (χ0) is 12.7. The number of likely N-dealkylation sites (N-methyl/N-ethyl adjacent to an activating group) is 1. The Morgan fingerprint density at radius 2 is 1.81 bits per heavy atom. The summed E-state index contributed by atoms with van der Waals surface area (Å²) in [4.78, 5) is 24.8. The van der Waals surface area contributed by atoms with Gasteiger partial charge >= 0.3 is 0 Å². The predicted molar refractivity (Wildman–Crippen MR) is 65.0 cm³/mol. The maximum absolute atomic E-state index is 11.8. The van der Waals surface area contributed by atoms with Crippen LogP contribution in [0.15, 0.2) is 0 Å². The van der Waals surface area contributed by atoms with Gasteiger partial charge in [-0.1, -0.05) is 20.8 Å². The topological polar surface area (TPSA) is 49.4 Å². The second-order valence-electron chi connectivity index (χ2n) is 4.73. The molecule has 0 spiro atoms. The van der Waals surface area contributed by atoms with Crippen molar-refractivity contribution in [2.45, 2.75) is 46.1 Å². The molecule has 0 heterocycles. The van der Waals surface area contributed by atoms with E-state index in [0.29, 0.717) is 18.8 Å². The van der Waals surface area contributed by atoms with Gasteiger partial charge < -0.3 is 10.2 Å². The molecule has 0 saturated carbocycles. The van der Waals surface area contributed by atoms with Crippen molar-refractivity contribution in [3.63, 3.8) is 0 Å². The molecule has 0 unspecified atom stereocenters. The fraction of sp³-hybridized carbons (Fsp3) is 0.833. The first-order valence-corrected chi connectivity index (χ1v) is 5.89. The molecule has 2 amide bonds. The van der Waals surface area contributed by atoms with Crippen molar-refractivity contribution in [2.75, 3.05) is 14.1 Å². The van der Waals surface area contributed by atoms with Crippen LogP contribution >= 0.6 is 0 Å². The van der Waals surface area contributed by atoms with Crippen LogP contribution in [0.1, 0.15) is 40.0 Å². The van der Waals surface area contributed by atoms with E-state index in [9.17, 15) is 9.59 Å². The zero-order valence-corrected chi connectivity index (χ0v) is 11.0. The first-order chi connectivity index (χ1) is 7.38. The summed E-state index contributed by atoms with van der Waals surface area (Å²) in [6.45, 7) is 6.04. The molecular formula is C12H24N2O2. The first-order valence-electron chi connectivity index (χ1n) is 5.89. The van der Waals surface area contributed by atoms with E-state index in [1.165, 1.54) is 4.90 Å². The Hall–Kier alpha value is -1.06. The Morgan fingerprint density at radius 1 is 1.25 bits per heavy atom. The average Bonchev–Trinajstić information content (AvgIpc) is 2.15. The summed E-state index contributed by atoms with van der Waals surface area (Å²) in [6.07, 6.45) is 1.97. The van der Waals surface area contributed by atoms with Crippen LogP contribution in [0, 0.1) is 5.92 Å². The van der Waals surface area contributed by atoms with Gasteiger partial charge in [0.15, 0.2) is 0 Å². The summed E-state index contributed by atoms with van der Waals surface area (Å²) < 4.78 is 0. The van der Waals surface area contributed by atoms with Gasteiger partial charge in [0.25, 0.3) is 0 Å². The van der Waals surface area contributed by atoms with Gasteiger partial charge in [0, 0.05) is 20.5 Å². The molecule has 1 N–H and O–H groups in total. The standard InChI is InChI=1S/C12H24N2O2/c1-6-7-11(15)13-10(8-9(2)3)12(16)14(4)5/h9-10H,6-8H2,1-5H3,(H,13,15)/t10-/m0/s1. The monoisotopic (exact) mass is 228 g/mol. The van der Waals surface area contributed by atoms with Gasteiger partial charge in [-0.25, -0.2) is 0 Å². The van der Waals surface area contributed by atoms with Crippen LogP contribution in [-0.2, 0) is 9.59 Å². The second kappa shape index (κ2) is 7.25. The highest BCUT2D eigenvalue weighted by atomic mass is 16.2. The molecule has 0 aromatic heterocycles. The molecule has 4 heteroatoms. The number of nitrogens with one attached hydrogen (secondary N) is 1. The van der Waals surface area contributed by atoms with E-state index < -0.39 is 0 Å². The van der Waals surface area contributed by atoms with Crippen molar-refractivity contribution in [3.8, 4) is 0 Å². The van der Waals surface area contributed by atoms with Gasteiger partial charge in [-0.3, -0.25) is 9.59 Å². The van der Waals surface area contributed by atoms with E-state index in [0.717, 1.165) is 6.42 Å². The van der Waals surface area contributed by atoms with Crippen LogP contribution in [0.3, 0.4) is 0 Å². The molecular weight excluding hydrogens is 204 g/mol. The molecule has 0 radical (unpaired) electrons. The van der Waals surface area contributed by atoms with Gasteiger partial charge in [0.2, 0.25) is 11.8 Å². The maximum Gasteiger partial charge on any atom is 0.244 e. The maximum atomic E-state index is 11.8. The highest BCUT2D eigenvalue weighted by molar-refractivity contribution is 5.87. The van der Waals surface area contributed by atoms with Crippen LogP contribution in [0.5, 0.6) is 0 Å². The number of hydrogen-bond donors (Lipinski definition) is 1. The van der Waals surface area contributed by atoms with Crippen molar-refractivity contribution in [2.24, 2.45) is 5.92 Å². The highest BCUT2D eigenvalue weighted by Gasteiger charge is 2.22. The molecule has 0 aliphatic carbocycles. The van der Waals surface area contributed by atoms with Crippen molar-refractivity contribution >= 4 is 11.8 Å². The lowest BCUT2D eigenvalue weighted by Gasteiger charge is -2.23. The minimum atomic E-state index is -0.381. The third-order valence-corrected chi connectivity index (χ3v) is 2.26. The fourth-order valence-electron chi connectivity index (χ4n) is 1.50. The van der Waals surface area contributed by atoms with Gasteiger partial charge in [0.05, 0.1) is 0 Å². The molecule has 0 aliphatic heterocycles. The Balaban J connectivity index is 4.43. The molecule has 1 atom stereocenters. The largest absolute Gasteiger partial charge is 0.347 e. The average molecular weight is 228 g/mol. The number of carbonyl (C=O) groups is 2. The lowest BCUT2D eigenvalue weighted by molar-refractivity contribution is -0.134. The molecule has 0 aliphatic rings. The quantitative estimate of drug-likeness (QED) is 0.747.